The topological polar surface area (TPSA) is 137 Å². The van der Waals surface area contributed by atoms with E-state index in [1.807, 2.05) is 0 Å². The van der Waals surface area contributed by atoms with Crippen molar-refractivity contribution in [1.82, 2.24) is 31.1 Å². The number of hydrogen-bond acceptors (Lipinski definition) is 8. The average Bonchev–Trinajstić information content (AvgIpc) is 3.10. The molecule has 0 fully saturated rings. The number of aromatic nitrogens is 4. The van der Waals surface area contributed by atoms with E-state index in [1.54, 1.807) is 12.1 Å². The predicted molar refractivity (Wildman–Crippen MR) is 77.4 cm³/mol. The lowest BCUT2D eigenvalue weighted by Crippen LogP contribution is -2.43. The van der Waals surface area contributed by atoms with Crippen LogP contribution in [0.5, 0.6) is 5.75 Å². The minimum Gasteiger partial charge on any atom is -0.497 e. The molecule has 126 valence electrons. The van der Waals surface area contributed by atoms with Crippen LogP contribution < -0.4 is 15.6 Å². The first-order chi connectivity index (χ1) is 11.6. The molecule has 0 saturated heterocycles. The van der Waals surface area contributed by atoms with Crippen LogP contribution in [0.1, 0.15) is 10.4 Å². The number of rotatable bonds is 6. The molecule has 0 aliphatic heterocycles. The Morgan fingerprint density at radius 1 is 1.17 bits per heavy atom. The number of hydrogen-bond donors (Lipinski definition) is 2. The number of esters is 1. The smallest absolute Gasteiger partial charge is 0.328 e. The molecular weight excluding hydrogens is 320 g/mol. The molecule has 24 heavy (non-hydrogen) atoms. The molecule has 1 aromatic carbocycles. The minimum absolute atomic E-state index is 0.224. The Hall–Kier alpha value is -3.50. The molecule has 0 saturated carbocycles. The number of carbonyl (C=O) groups excluding carboxylic acids is 3. The second-order valence-electron chi connectivity index (χ2n) is 4.40. The molecule has 1 aromatic heterocycles. The van der Waals surface area contributed by atoms with Crippen molar-refractivity contribution >= 4 is 17.8 Å². The van der Waals surface area contributed by atoms with Crippen LogP contribution in [0.25, 0.3) is 0 Å². The number of carbonyl (C=O) groups is 3. The second-order valence-corrected chi connectivity index (χ2v) is 4.40. The summed E-state index contributed by atoms with van der Waals surface area (Å²) in [5.41, 5.74) is 4.65. The summed E-state index contributed by atoms with van der Waals surface area (Å²) < 4.78 is 10.8. The zero-order valence-corrected chi connectivity index (χ0v) is 12.6. The molecule has 0 bridgehead atoms. The van der Waals surface area contributed by atoms with Crippen molar-refractivity contribution in [2.75, 3.05) is 13.7 Å². The predicted octanol–water partition coefficient (Wildman–Crippen LogP) is -1.31. The molecule has 2 amide bonds. The number of ether oxygens (including phenoxy) is 2. The van der Waals surface area contributed by atoms with Gasteiger partial charge in [-0.1, -0.05) is 0 Å². The van der Waals surface area contributed by atoms with Crippen molar-refractivity contribution in [2.24, 2.45) is 0 Å². The molecule has 0 aliphatic carbocycles. The minimum atomic E-state index is -0.695. The summed E-state index contributed by atoms with van der Waals surface area (Å²) in [4.78, 5) is 34.7. The van der Waals surface area contributed by atoms with E-state index in [0.29, 0.717) is 11.3 Å². The van der Waals surface area contributed by atoms with Gasteiger partial charge in [0.05, 0.1) is 7.11 Å². The molecule has 1 heterocycles. The van der Waals surface area contributed by atoms with Crippen LogP contribution in [0.2, 0.25) is 0 Å². The Labute approximate surface area is 135 Å². The Kier molecular flexibility index (Phi) is 5.77. The number of tetrazole rings is 1. The summed E-state index contributed by atoms with van der Waals surface area (Å²) in [5.74, 6) is -1.31. The first kappa shape index (κ1) is 16.9. The molecule has 11 nitrogen and oxygen atoms in total. The third-order valence-corrected chi connectivity index (χ3v) is 2.71. The Balaban J connectivity index is 1.70. The van der Waals surface area contributed by atoms with Crippen molar-refractivity contribution in [1.29, 1.82) is 0 Å². The van der Waals surface area contributed by atoms with Gasteiger partial charge < -0.3 is 9.47 Å². The van der Waals surface area contributed by atoms with Crippen LogP contribution in [0, 0.1) is 0 Å². The van der Waals surface area contributed by atoms with Crippen LogP contribution >= 0.6 is 0 Å². The summed E-state index contributed by atoms with van der Waals surface area (Å²) in [5, 5.41) is 10.2. The third kappa shape index (κ3) is 5.05. The third-order valence-electron chi connectivity index (χ3n) is 2.71. The lowest BCUT2D eigenvalue weighted by molar-refractivity contribution is -0.149. The number of methoxy groups -OCH3 is 1. The fraction of sp³-hybridized carbons (Fsp3) is 0.231. The Morgan fingerprint density at radius 3 is 2.54 bits per heavy atom. The summed E-state index contributed by atoms with van der Waals surface area (Å²) in [7, 11) is 1.51. The monoisotopic (exact) mass is 334 g/mol. The number of benzene rings is 1. The van der Waals surface area contributed by atoms with Gasteiger partial charge in [0.2, 0.25) is 0 Å². The van der Waals surface area contributed by atoms with Crippen molar-refractivity contribution in [2.45, 2.75) is 6.54 Å². The van der Waals surface area contributed by atoms with E-state index < -0.39 is 24.4 Å². The van der Waals surface area contributed by atoms with E-state index in [4.69, 9.17) is 9.47 Å². The number of hydrazine groups is 1. The summed E-state index contributed by atoms with van der Waals surface area (Å²) >= 11 is 0. The Bertz CT molecular complexity index is 700. The molecule has 0 spiro atoms. The van der Waals surface area contributed by atoms with E-state index >= 15 is 0 Å². The number of amides is 2. The molecule has 11 heteroatoms. The SMILES string of the molecule is COc1ccc(C(=O)NNC(=O)COC(=O)Cn2cnnn2)cc1. The van der Waals surface area contributed by atoms with Gasteiger partial charge >= 0.3 is 5.97 Å². The van der Waals surface area contributed by atoms with Gasteiger partial charge in [0, 0.05) is 5.56 Å². The highest BCUT2D eigenvalue weighted by Gasteiger charge is 2.11. The molecule has 0 unspecified atom stereocenters. The molecule has 0 radical (unpaired) electrons. The van der Waals surface area contributed by atoms with Gasteiger partial charge in [0.1, 0.15) is 18.6 Å². The maximum absolute atomic E-state index is 11.8. The average molecular weight is 334 g/mol. The van der Waals surface area contributed by atoms with Crippen LogP contribution in [0.4, 0.5) is 0 Å². The van der Waals surface area contributed by atoms with Crippen molar-refractivity contribution in [3.8, 4) is 5.75 Å². The zero-order chi connectivity index (χ0) is 17.4. The number of nitrogens with one attached hydrogen (secondary N) is 2. The fourth-order valence-corrected chi connectivity index (χ4v) is 1.55. The maximum Gasteiger partial charge on any atom is 0.328 e. The van der Waals surface area contributed by atoms with Gasteiger partial charge in [0.25, 0.3) is 11.8 Å². The van der Waals surface area contributed by atoms with Crippen molar-refractivity contribution in [3.05, 3.63) is 36.2 Å². The van der Waals surface area contributed by atoms with Crippen LogP contribution in [0.15, 0.2) is 30.6 Å². The Morgan fingerprint density at radius 2 is 1.92 bits per heavy atom. The summed E-state index contributed by atoms with van der Waals surface area (Å²) in [6.07, 6.45) is 1.23. The van der Waals surface area contributed by atoms with Crippen LogP contribution in [-0.2, 0) is 20.9 Å². The second kappa shape index (κ2) is 8.22. The quantitative estimate of drug-likeness (QED) is 0.490. The maximum atomic E-state index is 11.8. The lowest BCUT2D eigenvalue weighted by Gasteiger charge is -2.08. The van der Waals surface area contributed by atoms with E-state index in [1.165, 1.54) is 25.6 Å². The van der Waals surface area contributed by atoms with E-state index in [9.17, 15) is 14.4 Å². The first-order valence-electron chi connectivity index (χ1n) is 6.68. The largest absolute Gasteiger partial charge is 0.497 e. The highest BCUT2D eigenvalue weighted by molar-refractivity contribution is 5.95. The van der Waals surface area contributed by atoms with Gasteiger partial charge in [0.15, 0.2) is 6.61 Å². The molecule has 2 N–H and O–H groups in total. The van der Waals surface area contributed by atoms with Crippen molar-refractivity contribution in [3.63, 3.8) is 0 Å². The first-order valence-corrected chi connectivity index (χ1v) is 6.68. The highest BCUT2D eigenvalue weighted by atomic mass is 16.5. The zero-order valence-electron chi connectivity index (χ0n) is 12.6. The van der Waals surface area contributed by atoms with Crippen molar-refractivity contribution < 1.29 is 23.9 Å². The van der Waals surface area contributed by atoms with E-state index in [0.717, 1.165) is 4.68 Å². The lowest BCUT2D eigenvalue weighted by atomic mass is 10.2. The van der Waals surface area contributed by atoms with Gasteiger partial charge in [-0.3, -0.25) is 25.2 Å². The molecule has 2 aromatic rings. The normalized spacial score (nSPS) is 9.88. The molecule has 2 rings (SSSR count). The van der Waals surface area contributed by atoms with E-state index in [2.05, 4.69) is 26.4 Å². The molecule has 0 atom stereocenters. The standard InChI is InChI=1S/C13H14N6O5/c1-23-10-4-2-9(3-5-10)13(22)16-15-11(20)7-24-12(21)6-19-8-14-17-18-19/h2-5,8H,6-7H2,1H3,(H,15,20)(H,16,22). The van der Waals surface area contributed by atoms with Gasteiger partial charge in [-0.2, -0.15) is 0 Å². The fourth-order valence-electron chi connectivity index (χ4n) is 1.55. The molecule has 0 aliphatic rings. The highest BCUT2D eigenvalue weighted by Crippen LogP contribution is 2.10. The summed E-state index contributed by atoms with van der Waals surface area (Å²) in [6.45, 7) is -0.775. The van der Waals surface area contributed by atoms with Crippen LogP contribution in [-0.4, -0.2) is 51.7 Å². The van der Waals surface area contributed by atoms with Gasteiger partial charge in [-0.05, 0) is 34.7 Å². The van der Waals surface area contributed by atoms with E-state index in [-0.39, 0.29) is 6.54 Å². The number of nitrogens with zero attached hydrogens (tertiary/aromatic N) is 4. The molecular formula is C13H14N6O5. The summed E-state index contributed by atoms with van der Waals surface area (Å²) in [6, 6.07) is 6.29. The van der Waals surface area contributed by atoms with Gasteiger partial charge in [-0.15, -0.1) is 5.10 Å². The van der Waals surface area contributed by atoms with Crippen LogP contribution in [0.3, 0.4) is 0 Å². The van der Waals surface area contributed by atoms with Gasteiger partial charge in [-0.25, -0.2) is 4.68 Å².